The van der Waals surface area contributed by atoms with Crippen LogP contribution in [-0.4, -0.2) is 4.98 Å². The van der Waals surface area contributed by atoms with E-state index in [2.05, 4.69) is 24.9 Å². The van der Waals surface area contributed by atoms with Crippen LogP contribution in [0.25, 0.3) is 0 Å². The second-order valence-electron chi connectivity index (χ2n) is 4.85. The standard InChI is InChI=1S/C13H20N2/c1-9(2)13(14)11-7-10-5-3-4-6-12(10)15-8-11/h7-9,13H,3-6,14H2,1-2H3/t13-/m0/s1. The van der Waals surface area contributed by atoms with Gasteiger partial charge in [0.2, 0.25) is 0 Å². The zero-order valence-corrected chi connectivity index (χ0v) is 9.66. The monoisotopic (exact) mass is 204 g/mol. The molecule has 0 saturated carbocycles. The number of nitrogens with two attached hydrogens (primary N) is 1. The van der Waals surface area contributed by atoms with Crippen molar-refractivity contribution in [3.63, 3.8) is 0 Å². The second-order valence-corrected chi connectivity index (χ2v) is 4.85. The number of rotatable bonds is 2. The molecular formula is C13H20N2. The summed E-state index contributed by atoms with van der Waals surface area (Å²) < 4.78 is 0. The Morgan fingerprint density at radius 3 is 2.73 bits per heavy atom. The lowest BCUT2D eigenvalue weighted by atomic mass is 9.91. The Kier molecular flexibility index (Phi) is 3.06. The average Bonchev–Trinajstić information content (AvgIpc) is 2.27. The van der Waals surface area contributed by atoms with Crippen LogP contribution >= 0.6 is 0 Å². The van der Waals surface area contributed by atoms with Gasteiger partial charge in [-0.25, -0.2) is 0 Å². The zero-order valence-electron chi connectivity index (χ0n) is 9.66. The molecule has 1 heterocycles. The fraction of sp³-hybridized carbons (Fsp3) is 0.615. The lowest BCUT2D eigenvalue weighted by Gasteiger charge is -2.20. The summed E-state index contributed by atoms with van der Waals surface area (Å²) in [7, 11) is 0. The lowest BCUT2D eigenvalue weighted by Crippen LogP contribution is -2.18. The van der Waals surface area contributed by atoms with E-state index in [1.54, 1.807) is 0 Å². The first kappa shape index (κ1) is 10.6. The van der Waals surface area contributed by atoms with E-state index in [4.69, 9.17) is 5.73 Å². The molecule has 1 aromatic heterocycles. The van der Waals surface area contributed by atoms with Crippen LogP contribution in [0.15, 0.2) is 12.3 Å². The summed E-state index contributed by atoms with van der Waals surface area (Å²) in [6.45, 7) is 4.31. The summed E-state index contributed by atoms with van der Waals surface area (Å²) >= 11 is 0. The molecule has 0 aromatic carbocycles. The van der Waals surface area contributed by atoms with Crippen molar-refractivity contribution in [1.29, 1.82) is 0 Å². The number of hydrogen-bond donors (Lipinski definition) is 1. The highest BCUT2D eigenvalue weighted by molar-refractivity contribution is 5.29. The third kappa shape index (κ3) is 2.20. The minimum absolute atomic E-state index is 0.129. The molecule has 1 aromatic rings. The molecule has 2 rings (SSSR count). The zero-order chi connectivity index (χ0) is 10.8. The van der Waals surface area contributed by atoms with Gasteiger partial charge in [0.15, 0.2) is 0 Å². The highest BCUT2D eigenvalue weighted by Gasteiger charge is 2.15. The van der Waals surface area contributed by atoms with Crippen LogP contribution in [0.2, 0.25) is 0 Å². The molecule has 2 nitrogen and oxygen atoms in total. The summed E-state index contributed by atoms with van der Waals surface area (Å²) in [6, 6.07) is 2.40. The van der Waals surface area contributed by atoms with E-state index in [1.807, 2.05) is 6.20 Å². The summed E-state index contributed by atoms with van der Waals surface area (Å²) in [5.74, 6) is 0.480. The van der Waals surface area contributed by atoms with Crippen molar-refractivity contribution in [3.05, 3.63) is 29.1 Å². The van der Waals surface area contributed by atoms with Crippen molar-refractivity contribution < 1.29 is 0 Å². The topological polar surface area (TPSA) is 38.9 Å². The Morgan fingerprint density at radius 1 is 1.27 bits per heavy atom. The largest absolute Gasteiger partial charge is 0.324 e. The number of fused-ring (bicyclic) bond motifs is 1. The van der Waals surface area contributed by atoms with Crippen molar-refractivity contribution in [2.45, 2.75) is 45.6 Å². The molecule has 82 valence electrons. The fourth-order valence-electron chi connectivity index (χ4n) is 2.17. The van der Waals surface area contributed by atoms with E-state index in [0.717, 1.165) is 6.42 Å². The minimum atomic E-state index is 0.129. The molecule has 0 amide bonds. The average molecular weight is 204 g/mol. The molecular weight excluding hydrogens is 184 g/mol. The smallest absolute Gasteiger partial charge is 0.0435 e. The van der Waals surface area contributed by atoms with Crippen LogP contribution in [0.3, 0.4) is 0 Å². The SMILES string of the molecule is CC(C)[C@H](N)c1cnc2c(c1)CCCC2. The number of hydrogen-bond acceptors (Lipinski definition) is 2. The molecule has 0 radical (unpaired) electrons. The van der Waals surface area contributed by atoms with Crippen molar-refractivity contribution in [3.8, 4) is 0 Å². The quantitative estimate of drug-likeness (QED) is 0.804. The summed E-state index contributed by atoms with van der Waals surface area (Å²) in [6.07, 6.45) is 6.88. The fourth-order valence-corrected chi connectivity index (χ4v) is 2.17. The van der Waals surface area contributed by atoms with Gasteiger partial charge in [-0.05, 0) is 42.7 Å². The summed E-state index contributed by atoms with van der Waals surface area (Å²) in [4.78, 5) is 4.54. The van der Waals surface area contributed by atoms with Crippen molar-refractivity contribution in [2.24, 2.45) is 11.7 Å². The van der Waals surface area contributed by atoms with Gasteiger partial charge in [0, 0.05) is 17.9 Å². The van der Waals surface area contributed by atoms with E-state index in [1.165, 1.54) is 36.1 Å². The van der Waals surface area contributed by atoms with Gasteiger partial charge in [0.1, 0.15) is 0 Å². The molecule has 15 heavy (non-hydrogen) atoms. The number of aryl methyl sites for hydroxylation is 2. The molecule has 1 aliphatic carbocycles. The van der Waals surface area contributed by atoms with Gasteiger partial charge >= 0.3 is 0 Å². The predicted molar refractivity (Wildman–Crippen MR) is 62.6 cm³/mol. The molecule has 2 heteroatoms. The lowest BCUT2D eigenvalue weighted by molar-refractivity contribution is 0.511. The molecule has 0 unspecified atom stereocenters. The Hall–Kier alpha value is -0.890. The van der Waals surface area contributed by atoms with Gasteiger partial charge in [-0.3, -0.25) is 4.98 Å². The van der Waals surface area contributed by atoms with Crippen LogP contribution in [0.5, 0.6) is 0 Å². The van der Waals surface area contributed by atoms with Crippen LogP contribution in [0.4, 0.5) is 0 Å². The van der Waals surface area contributed by atoms with E-state index >= 15 is 0 Å². The van der Waals surface area contributed by atoms with Crippen LogP contribution in [-0.2, 0) is 12.8 Å². The maximum Gasteiger partial charge on any atom is 0.0435 e. The number of aromatic nitrogens is 1. The Labute approximate surface area is 91.9 Å². The highest BCUT2D eigenvalue weighted by atomic mass is 14.7. The Morgan fingerprint density at radius 2 is 2.00 bits per heavy atom. The first-order valence-corrected chi connectivity index (χ1v) is 5.91. The van der Waals surface area contributed by atoms with E-state index in [9.17, 15) is 0 Å². The van der Waals surface area contributed by atoms with E-state index < -0.39 is 0 Å². The van der Waals surface area contributed by atoms with Gasteiger partial charge in [0.25, 0.3) is 0 Å². The second kappa shape index (κ2) is 4.31. The normalized spacial score (nSPS) is 17.6. The van der Waals surface area contributed by atoms with Crippen molar-refractivity contribution in [2.75, 3.05) is 0 Å². The first-order valence-electron chi connectivity index (χ1n) is 5.91. The molecule has 0 spiro atoms. The van der Waals surface area contributed by atoms with Gasteiger partial charge in [0.05, 0.1) is 0 Å². The summed E-state index contributed by atoms with van der Waals surface area (Å²) in [5.41, 5.74) is 10.0. The van der Waals surface area contributed by atoms with E-state index in [0.29, 0.717) is 5.92 Å². The van der Waals surface area contributed by atoms with Crippen LogP contribution in [0.1, 0.15) is 49.6 Å². The third-order valence-electron chi connectivity index (χ3n) is 3.29. The van der Waals surface area contributed by atoms with Gasteiger partial charge in [-0.15, -0.1) is 0 Å². The molecule has 0 fully saturated rings. The van der Waals surface area contributed by atoms with Gasteiger partial charge in [-0.1, -0.05) is 19.9 Å². The van der Waals surface area contributed by atoms with Gasteiger partial charge < -0.3 is 5.73 Å². The minimum Gasteiger partial charge on any atom is -0.324 e. The highest BCUT2D eigenvalue weighted by Crippen LogP contribution is 2.24. The van der Waals surface area contributed by atoms with Crippen LogP contribution in [0, 0.1) is 5.92 Å². The molecule has 0 saturated heterocycles. The summed E-state index contributed by atoms with van der Waals surface area (Å²) in [5, 5.41) is 0. The van der Waals surface area contributed by atoms with Crippen molar-refractivity contribution in [1.82, 2.24) is 4.98 Å². The third-order valence-corrected chi connectivity index (χ3v) is 3.29. The Balaban J connectivity index is 2.27. The maximum absolute atomic E-state index is 6.13. The molecule has 2 N–H and O–H groups in total. The van der Waals surface area contributed by atoms with E-state index in [-0.39, 0.29) is 6.04 Å². The molecule has 1 aliphatic rings. The molecule has 1 atom stereocenters. The van der Waals surface area contributed by atoms with Crippen molar-refractivity contribution >= 4 is 0 Å². The number of pyridine rings is 1. The first-order chi connectivity index (χ1) is 7.18. The number of nitrogens with zero attached hydrogens (tertiary/aromatic N) is 1. The van der Waals surface area contributed by atoms with Gasteiger partial charge in [-0.2, -0.15) is 0 Å². The van der Waals surface area contributed by atoms with Crippen LogP contribution < -0.4 is 5.73 Å². The predicted octanol–water partition coefficient (Wildman–Crippen LogP) is 2.62. The maximum atomic E-state index is 6.13. The molecule has 0 bridgehead atoms. The Bertz CT molecular complexity index is 344. The molecule has 0 aliphatic heterocycles.